The molecular formula is C10H18N4O2S3. The van der Waals surface area contributed by atoms with Crippen molar-refractivity contribution in [1.29, 1.82) is 0 Å². The van der Waals surface area contributed by atoms with E-state index >= 15 is 0 Å². The third kappa shape index (κ3) is 3.59. The number of nitrogens with zero attached hydrogens (tertiary/aromatic N) is 2. The van der Waals surface area contributed by atoms with Crippen molar-refractivity contribution in [3.05, 3.63) is 0 Å². The number of thioether (sulfide) groups is 1. The zero-order chi connectivity index (χ0) is 13.9. The second kappa shape index (κ2) is 5.94. The van der Waals surface area contributed by atoms with E-state index < -0.39 is 10.0 Å². The van der Waals surface area contributed by atoms with Gasteiger partial charge in [-0.3, -0.25) is 0 Å². The number of hydrogen-bond acceptors (Lipinski definition) is 7. The van der Waals surface area contributed by atoms with Crippen molar-refractivity contribution in [1.82, 2.24) is 14.9 Å². The monoisotopic (exact) mass is 322 g/mol. The highest BCUT2D eigenvalue weighted by atomic mass is 32.2. The van der Waals surface area contributed by atoms with Crippen molar-refractivity contribution in [3.8, 4) is 0 Å². The highest BCUT2D eigenvalue weighted by Crippen LogP contribution is 2.38. The summed E-state index contributed by atoms with van der Waals surface area (Å²) < 4.78 is 26.8. The number of nitrogens with one attached hydrogen (secondary N) is 1. The number of aromatic nitrogens is 2. The van der Waals surface area contributed by atoms with E-state index in [1.807, 2.05) is 6.26 Å². The summed E-state index contributed by atoms with van der Waals surface area (Å²) in [5, 5.41) is 7.29. The minimum absolute atomic E-state index is 0.0154. The van der Waals surface area contributed by atoms with Crippen LogP contribution in [0.25, 0.3) is 0 Å². The van der Waals surface area contributed by atoms with Crippen LogP contribution >= 0.6 is 23.1 Å². The first kappa shape index (κ1) is 15.0. The quantitative estimate of drug-likeness (QED) is 0.852. The SMILES string of the molecule is CSC1(CNS(=O)(=O)c2nnc(N)s2)CCCCC1. The Hall–Kier alpha value is -0.380. The molecule has 0 aliphatic heterocycles. The van der Waals surface area contributed by atoms with Crippen molar-refractivity contribution in [2.24, 2.45) is 0 Å². The Balaban J connectivity index is 2.04. The molecule has 0 radical (unpaired) electrons. The molecule has 1 aromatic heterocycles. The van der Waals surface area contributed by atoms with Gasteiger partial charge in [0.2, 0.25) is 9.47 Å². The van der Waals surface area contributed by atoms with E-state index in [4.69, 9.17) is 5.73 Å². The molecule has 0 spiro atoms. The van der Waals surface area contributed by atoms with E-state index in [-0.39, 0.29) is 14.2 Å². The van der Waals surface area contributed by atoms with Crippen LogP contribution in [-0.4, -0.2) is 36.2 Å². The fourth-order valence-electron chi connectivity index (χ4n) is 2.27. The van der Waals surface area contributed by atoms with Crippen molar-refractivity contribution >= 4 is 38.3 Å². The molecule has 108 valence electrons. The maximum absolute atomic E-state index is 12.1. The Morgan fingerprint density at radius 3 is 2.58 bits per heavy atom. The Kier molecular flexibility index (Phi) is 4.70. The van der Waals surface area contributed by atoms with Gasteiger partial charge in [-0.1, -0.05) is 30.6 Å². The normalized spacial score (nSPS) is 19.4. The molecule has 0 bridgehead atoms. The molecule has 1 aliphatic carbocycles. The lowest BCUT2D eigenvalue weighted by Crippen LogP contribution is -2.41. The predicted molar refractivity (Wildman–Crippen MR) is 78.8 cm³/mol. The van der Waals surface area contributed by atoms with E-state index in [0.717, 1.165) is 37.0 Å². The van der Waals surface area contributed by atoms with Gasteiger partial charge in [-0.25, -0.2) is 13.1 Å². The molecule has 0 atom stereocenters. The summed E-state index contributed by atoms with van der Waals surface area (Å²) in [6.45, 7) is 0.440. The summed E-state index contributed by atoms with van der Waals surface area (Å²) in [6.07, 6.45) is 7.71. The first-order chi connectivity index (χ1) is 8.97. The number of sulfonamides is 1. The van der Waals surface area contributed by atoms with Gasteiger partial charge >= 0.3 is 0 Å². The van der Waals surface area contributed by atoms with Gasteiger partial charge < -0.3 is 5.73 Å². The first-order valence-electron chi connectivity index (χ1n) is 6.11. The van der Waals surface area contributed by atoms with E-state index in [1.54, 1.807) is 11.8 Å². The molecule has 1 fully saturated rings. The first-order valence-corrected chi connectivity index (χ1v) is 9.64. The number of rotatable bonds is 5. The van der Waals surface area contributed by atoms with Crippen LogP contribution in [0.5, 0.6) is 0 Å². The molecule has 9 heteroatoms. The van der Waals surface area contributed by atoms with E-state index in [1.165, 1.54) is 6.42 Å². The molecule has 1 aliphatic rings. The zero-order valence-electron chi connectivity index (χ0n) is 10.8. The zero-order valence-corrected chi connectivity index (χ0v) is 13.2. The highest BCUT2D eigenvalue weighted by Gasteiger charge is 2.33. The molecule has 1 saturated carbocycles. The summed E-state index contributed by atoms with van der Waals surface area (Å²) in [4.78, 5) is 0. The number of hydrogen-bond donors (Lipinski definition) is 2. The van der Waals surface area contributed by atoms with Gasteiger partial charge in [0, 0.05) is 11.3 Å². The maximum atomic E-state index is 12.1. The summed E-state index contributed by atoms with van der Waals surface area (Å²) in [6, 6.07) is 0. The molecule has 1 heterocycles. The fraction of sp³-hybridized carbons (Fsp3) is 0.800. The molecule has 6 nitrogen and oxygen atoms in total. The fourth-order valence-corrected chi connectivity index (χ4v) is 5.22. The molecule has 2 rings (SSSR count). The lowest BCUT2D eigenvalue weighted by atomic mass is 9.88. The van der Waals surface area contributed by atoms with E-state index in [9.17, 15) is 8.42 Å². The number of nitrogens with two attached hydrogens (primary N) is 1. The van der Waals surface area contributed by atoms with Crippen LogP contribution in [0.4, 0.5) is 5.13 Å². The average Bonchev–Trinajstić information content (AvgIpc) is 2.85. The lowest BCUT2D eigenvalue weighted by molar-refractivity contribution is 0.395. The van der Waals surface area contributed by atoms with Crippen LogP contribution in [0.2, 0.25) is 0 Å². The van der Waals surface area contributed by atoms with Gasteiger partial charge in [-0.05, 0) is 19.1 Å². The topological polar surface area (TPSA) is 98.0 Å². The Morgan fingerprint density at radius 2 is 2.05 bits per heavy atom. The van der Waals surface area contributed by atoms with Crippen LogP contribution < -0.4 is 10.5 Å². The number of nitrogen functional groups attached to an aromatic ring is 1. The molecule has 0 amide bonds. The summed E-state index contributed by atoms with van der Waals surface area (Å²) >= 11 is 2.64. The van der Waals surface area contributed by atoms with Gasteiger partial charge in [-0.15, -0.1) is 10.2 Å². The number of anilines is 1. The summed E-state index contributed by atoms with van der Waals surface area (Å²) in [5.74, 6) is 0. The average molecular weight is 322 g/mol. The van der Waals surface area contributed by atoms with Crippen LogP contribution in [0.1, 0.15) is 32.1 Å². The predicted octanol–water partition coefficient (Wildman–Crippen LogP) is 1.46. The smallest absolute Gasteiger partial charge is 0.269 e. The van der Waals surface area contributed by atoms with Crippen LogP contribution in [-0.2, 0) is 10.0 Å². The van der Waals surface area contributed by atoms with Crippen molar-refractivity contribution < 1.29 is 8.42 Å². The standard InChI is InChI=1S/C10H18N4O2S3/c1-17-10(5-3-2-4-6-10)7-12-19(15,16)9-14-13-8(11)18-9/h12H,2-7H2,1H3,(H2,11,13). The second-order valence-electron chi connectivity index (χ2n) is 4.68. The minimum Gasteiger partial charge on any atom is -0.374 e. The summed E-state index contributed by atoms with van der Waals surface area (Å²) in [7, 11) is -3.59. The molecule has 0 aromatic carbocycles. The Bertz CT molecular complexity index is 523. The summed E-state index contributed by atoms with van der Waals surface area (Å²) in [5.41, 5.74) is 5.41. The molecule has 19 heavy (non-hydrogen) atoms. The largest absolute Gasteiger partial charge is 0.374 e. The van der Waals surface area contributed by atoms with Crippen molar-refractivity contribution in [2.45, 2.75) is 41.2 Å². The van der Waals surface area contributed by atoms with Gasteiger partial charge in [0.05, 0.1) is 0 Å². The van der Waals surface area contributed by atoms with Crippen molar-refractivity contribution in [2.75, 3.05) is 18.5 Å². The molecule has 0 unspecified atom stereocenters. The molecular weight excluding hydrogens is 304 g/mol. The molecule has 0 saturated heterocycles. The third-order valence-electron chi connectivity index (χ3n) is 3.43. The van der Waals surface area contributed by atoms with Crippen LogP contribution in [0, 0.1) is 0 Å². The minimum atomic E-state index is -3.59. The van der Waals surface area contributed by atoms with Gasteiger partial charge in [0.15, 0.2) is 0 Å². The van der Waals surface area contributed by atoms with Crippen LogP contribution in [0.15, 0.2) is 4.34 Å². The molecule has 3 N–H and O–H groups in total. The van der Waals surface area contributed by atoms with Crippen molar-refractivity contribution in [3.63, 3.8) is 0 Å². The Labute approximate surface area is 121 Å². The lowest BCUT2D eigenvalue weighted by Gasteiger charge is -2.35. The van der Waals surface area contributed by atoms with Gasteiger partial charge in [-0.2, -0.15) is 11.8 Å². The van der Waals surface area contributed by atoms with Gasteiger partial charge in [0.25, 0.3) is 10.0 Å². The van der Waals surface area contributed by atoms with Crippen LogP contribution in [0.3, 0.4) is 0 Å². The van der Waals surface area contributed by atoms with E-state index in [0.29, 0.717) is 6.54 Å². The molecule has 1 aromatic rings. The maximum Gasteiger partial charge on any atom is 0.269 e. The van der Waals surface area contributed by atoms with E-state index in [2.05, 4.69) is 14.9 Å². The van der Waals surface area contributed by atoms with Gasteiger partial charge in [0.1, 0.15) is 0 Å². The second-order valence-corrected chi connectivity index (χ2v) is 8.90. The third-order valence-corrected chi connectivity index (χ3v) is 7.37. The Morgan fingerprint density at radius 1 is 1.37 bits per heavy atom. The highest BCUT2D eigenvalue weighted by molar-refractivity contribution is 8.00.